The molecule has 0 amide bonds. The molecule has 19 heavy (non-hydrogen) atoms. The molecule has 108 valence electrons. The molecule has 1 aliphatic carbocycles. The molecular weight excluding hydrogens is 259 g/mol. The lowest BCUT2D eigenvalue weighted by Gasteiger charge is -2.19. The van der Waals surface area contributed by atoms with Crippen LogP contribution in [-0.4, -0.2) is 30.8 Å². The molecule has 6 heteroatoms. The van der Waals surface area contributed by atoms with Gasteiger partial charge in [-0.25, -0.2) is 4.99 Å². The van der Waals surface area contributed by atoms with Crippen molar-refractivity contribution in [3.8, 4) is 0 Å². The van der Waals surface area contributed by atoms with Gasteiger partial charge in [-0.15, -0.1) is 0 Å². The zero-order valence-corrected chi connectivity index (χ0v) is 10.9. The fraction of sp³-hybridized carbons (Fsp3) is 0.769. The van der Waals surface area contributed by atoms with E-state index in [1.165, 1.54) is 6.42 Å². The maximum Gasteiger partial charge on any atom is 0.429 e. The highest BCUT2D eigenvalue weighted by atomic mass is 19.4. The standard InChI is InChI=1S/C13H18F3NO2/c1-2-18-10-8-11(13(14,15)16)19-12(10)17-9-6-4-3-5-7-9/h8-9,11H,2-7H2,1H3. The second-order valence-electron chi connectivity index (χ2n) is 4.77. The molecule has 1 atom stereocenters. The number of halogens is 3. The van der Waals surface area contributed by atoms with E-state index in [-0.39, 0.29) is 17.7 Å². The summed E-state index contributed by atoms with van der Waals surface area (Å²) in [6.45, 7) is 2.02. The Morgan fingerprint density at radius 3 is 2.58 bits per heavy atom. The van der Waals surface area contributed by atoms with Crippen LogP contribution in [0.3, 0.4) is 0 Å². The van der Waals surface area contributed by atoms with Gasteiger partial charge in [-0.05, 0) is 19.8 Å². The summed E-state index contributed by atoms with van der Waals surface area (Å²) in [5, 5.41) is 0. The smallest absolute Gasteiger partial charge is 0.429 e. The van der Waals surface area contributed by atoms with Gasteiger partial charge in [0.05, 0.1) is 12.6 Å². The first-order valence-electron chi connectivity index (χ1n) is 6.67. The van der Waals surface area contributed by atoms with E-state index >= 15 is 0 Å². The third kappa shape index (κ3) is 3.64. The van der Waals surface area contributed by atoms with E-state index in [1.54, 1.807) is 6.92 Å². The quantitative estimate of drug-likeness (QED) is 0.789. The summed E-state index contributed by atoms with van der Waals surface area (Å²) in [6.07, 6.45) is -0.281. The Hall–Kier alpha value is -1.20. The molecule has 1 aliphatic heterocycles. The Kier molecular flexibility index (Phi) is 4.37. The van der Waals surface area contributed by atoms with Crippen LogP contribution in [0.15, 0.2) is 16.8 Å². The molecule has 1 fully saturated rings. The average molecular weight is 277 g/mol. The van der Waals surface area contributed by atoms with Crippen LogP contribution >= 0.6 is 0 Å². The van der Waals surface area contributed by atoms with Crippen molar-refractivity contribution in [3.63, 3.8) is 0 Å². The summed E-state index contributed by atoms with van der Waals surface area (Å²) >= 11 is 0. The van der Waals surface area contributed by atoms with Crippen LogP contribution in [0.1, 0.15) is 39.0 Å². The third-order valence-corrected chi connectivity index (χ3v) is 3.25. The van der Waals surface area contributed by atoms with E-state index in [1.807, 2.05) is 0 Å². The predicted octanol–water partition coefficient (Wildman–Crippen LogP) is 3.60. The van der Waals surface area contributed by atoms with Gasteiger partial charge in [0.1, 0.15) is 0 Å². The number of rotatable bonds is 3. The Balaban J connectivity index is 2.11. The highest BCUT2D eigenvalue weighted by Gasteiger charge is 2.45. The summed E-state index contributed by atoms with van der Waals surface area (Å²) in [4.78, 5) is 4.30. The minimum Gasteiger partial charge on any atom is -0.488 e. The molecule has 2 aliphatic rings. The normalized spacial score (nSPS) is 27.3. The van der Waals surface area contributed by atoms with E-state index in [2.05, 4.69) is 4.99 Å². The number of ether oxygens (including phenoxy) is 2. The van der Waals surface area contributed by atoms with Gasteiger partial charge in [-0.2, -0.15) is 13.2 Å². The monoisotopic (exact) mass is 277 g/mol. The van der Waals surface area contributed by atoms with E-state index in [0.717, 1.165) is 31.8 Å². The van der Waals surface area contributed by atoms with Crippen molar-refractivity contribution in [3.05, 3.63) is 11.8 Å². The van der Waals surface area contributed by atoms with Gasteiger partial charge >= 0.3 is 6.18 Å². The molecule has 1 heterocycles. The van der Waals surface area contributed by atoms with Crippen molar-refractivity contribution < 1.29 is 22.6 Å². The van der Waals surface area contributed by atoms with Crippen molar-refractivity contribution in [1.29, 1.82) is 0 Å². The van der Waals surface area contributed by atoms with Crippen LogP contribution in [0.2, 0.25) is 0 Å². The average Bonchev–Trinajstić information content (AvgIpc) is 2.74. The van der Waals surface area contributed by atoms with Crippen molar-refractivity contribution in [2.45, 2.75) is 57.3 Å². The van der Waals surface area contributed by atoms with E-state index in [9.17, 15) is 13.2 Å². The minimum absolute atomic E-state index is 0.0103. The molecular formula is C13H18F3NO2. The van der Waals surface area contributed by atoms with Gasteiger partial charge in [0.15, 0.2) is 5.76 Å². The van der Waals surface area contributed by atoms with Crippen molar-refractivity contribution in [1.82, 2.24) is 0 Å². The SMILES string of the molecule is CCOC1=CC(C(F)(F)F)OC1=NC1CCCCC1. The highest BCUT2D eigenvalue weighted by Crippen LogP contribution is 2.31. The van der Waals surface area contributed by atoms with E-state index in [0.29, 0.717) is 6.61 Å². The van der Waals surface area contributed by atoms with Crippen LogP contribution in [0.25, 0.3) is 0 Å². The van der Waals surface area contributed by atoms with Crippen LogP contribution in [-0.2, 0) is 9.47 Å². The van der Waals surface area contributed by atoms with Crippen LogP contribution in [0.4, 0.5) is 13.2 Å². The van der Waals surface area contributed by atoms with Crippen LogP contribution < -0.4 is 0 Å². The molecule has 0 aromatic heterocycles. The molecule has 0 radical (unpaired) electrons. The molecule has 0 aromatic carbocycles. The first-order chi connectivity index (χ1) is 9.00. The van der Waals surface area contributed by atoms with E-state index < -0.39 is 12.3 Å². The van der Waals surface area contributed by atoms with Gasteiger partial charge < -0.3 is 9.47 Å². The number of aliphatic imine (C=N–C) groups is 1. The van der Waals surface area contributed by atoms with Gasteiger partial charge in [-0.1, -0.05) is 19.3 Å². The fourth-order valence-corrected chi connectivity index (χ4v) is 2.32. The number of nitrogens with zero attached hydrogens (tertiary/aromatic N) is 1. The molecule has 1 saturated carbocycles. The van der Waals surface area contributed by atoms with Crippen LogP contribution in [0.5, 0.6) is 0 Å². The maximum atomic E-state index is 12.6. The topological polar surface area (TPSA) is 30.8 Å². The predicted molar refractivity (Wildman–Crippen MR) is 64.9 cm³/mol. The van der Waals surface area contributed by atoms with Gasteiger partial charge in [0.25, 0.3) is 5.90 Å². The lowest BCUT2D eigenvalue weighted by molar-refractivity contribution is -0.180. The lowest BCUT2D eigenvalue weighted by Crippen LogP contribution is -2.28. The van der Waals surface area contributed by atoms with Gasteiger partial charge in [-0.3, -0.25) is 0 Å². The zero-order chi connectivity index (χ0) is 13.9. The Bertz CT molecular complexity index is 371. The summed E-state index contributed by atoms with van der Waals surface area (Å²) in [5.74, 6) is 0.131. The van der Waals surface area contributed by atoms with Crippen LogP contribution in [0, 0.1) is 0 Å². The number of alkyl halides is 3. The molecule has 0 spiro atoms. The second-order valence-corrected chi connectivity index (χ2v) is 4.77. The summed E-state index contributed by atoms with van der Waals surface area (Å²) in [6, 6.07) is 0.0552. The Morgan fingerprint density at radius 1 is 1.32 bits per heavy atom. The minimum atomic E-state index is -4.42. The maximum absolute atomic E-state index is 12.6. The molecule has 0 saturated heterocycles. The largest absolute Gasteiger partial charge is 0.488 e. The molecule has 2 rings (SSSR count). The zero-order valence-electron chi connectivity index (χ0n) is 10.9. The molecule has 1 unspecified atom stereocenters. The molecule has 0 aromatic rings. The van der Waals surface area contributed by atoms with Crippen molar-refractivity contribution in [2.24, 2.45) is 4.99 Å². The second kappa shape index (κ2) is 5.84. The Morgan fingerprint density at radius 2 is 2.00 bits per heavy atom. The molecule has 0 bridgehead atoms. The van der Waals surface area contributed by atoms with Crippen molar-refractivity contribution >= 4 is 5.90 Å². The molecule has 3 nitrogen and oxygen atoms in total. The summed E-state index contributed by atoms with van der Waals surface area (Å²) in [5.41, 5.74) is 0. The van der Waals surface area contributed by atoms with E-state index in [4.69, 9.17) is 9.47 Å². The summed E-state index contributed by atoms with van der Waals surface area (Å²) < 4.78 is 48.0. The Labute approximate surface area is 110 Å². The highest BCUT2D eigenvalue weighted by molar-refractivity contribution is 5.94. The number of hydrogen-bond donors (Lipinski definition) is 0. The first kappa shape index (κ1) is 14.2. The fourth-order valence-electron chi connectivity index (χ4n) is 2.32. The summed E-state index contributed by atoms with van der Waals surface area (Å²) in [7, 11) is 0. The van der Waals surface area contributed by atoms with Gasteiger partial charge in [0.2, 0.25) is 6.10 Å². The lowest BCUT2D eigenvalue weighted by atomic mass is 9.96. The van der Waals surface area contributed by atoms with Crippen molar-refractivity contribution in [2.75, 3.05) is 6.61 Å². The first-order valence-corrected chi connectivity index (χ1v) is 6.67. The molecule has 0 N–H and O–H groups in total. The van der Waals surface area contributed by atoms with Gasteiger partial charge in [0, 0.05) is 6.08 Å². The third-order valence-electron chi connectivity index (χ3n) is 3.25. The number of hydrogen-bond acceptors (Lipinski definition) is 3.